The molecule has 0 rings (SSSR count). The Kier molecular flexibility index (Phi) is 5.47. The normalized spacial score (nSPS) is 11.9. The fourth-order valence-corrected chi connectivity index (χ4v) is 0.693. The molecule has 0 spiro atoms. The molecule has 1 atom stereocenters. The smallest absolute Gasteiger partial charge is 0.374 e. The summed E-state index contributed by atoms with van der Waals surface area (Å²) in [4.78, 5) is 31.2. The van der Waals surface area contributed by atoms with Crippen LogP contribution in [0.3, 0.4) is 0 Å². The standard InChI is InChI=1S/C8H13NO5/c1-5(10)8(13)14-4-2-3-6(9)7(11)12/h6H,2-4,9H2,1H3,(H,11,12). The molecule has 0 aromatic heterocycles. The number of carboxylic acids is 1. The van der Waals surface area contributed by atoms with E-state index in [0.29, 0.717) is 6.42 Å². The minimum Gasteiger partial charge on any atom is -0.480 e. The highest BCUT2D eigenvalue weighted by Gasteiger charge is 2.12. The van der Waals surface area contributed by atoms with E-state index in [0.717, 1.165) is 6.92 Å². The van der Waals surface area contributed by atoms with Crippen LogP contribution in [0.2, 0.25) is 0 Å². The number of carbonyl (C=O) groups excluding carboxylic acids is 2. The summed E-state index contributed by atoms with van der Waals surface area (Å²) in [7, 11) is 0. The van der Waals surface area contributed by atoms with Gasteiger partial charge in [-0.1, -0.05) is 0 Å². The van der Waals surface area contributed by atoms with E-state index in [9.17, 15) is 14.4 Å². The van der Waals surface area contributed by atoms with Crippen LogP contribution in [0.25, 0.3) is 0 Å². The monoisotopic (exact) mass is 203 g/mol. The Labute approximate surface area is 81.0 Å². The van der Waals surface area contributed by atoms with Gasteiger partial charge in [0.2, 0.25) is 5.78 Å². The molecule has 0 saturated heterocycles. The Morgan fingerprint density at radius 1 is 1.43 bits per heavy atom. The van der Waals surface area contributed by atoms with Crippen LogP contribution in [0.4, 0.5) is 0 Å². The largest absolute Gasteiger partial charge is 0.480 e. The maximum absolute atomic E-state index is 10.6. The highest BCUT2D eigenvalue weighted by Crippen LogP contribution is 1.95. The van der Waals surface area contributed by atoms with Crippen molar-refractivity contribution in [1.29, 1.82) is 0 Å². The molecule has 0 aromatic rings. The second kappa shape index (κ2) is 6.09. The fourth-order valence-electron chi connectivity index (χ4n) is 0.693. The van der Waals surface area contributed by atoms with Crippen LogP contribution in [0.15, 0.2) is 0 Å². The van der Waals surface area contributed by atoms with Crippen LogP contribution in [0.1, 0.15) is 19.8 Å². The maximum atomic E-state index is 10.6. The van der Waals surface area contributed by atoms with Gasteiger partial charge in [0.15, 0.2) is 0 Å². The molecule has 6 nitrogen and oxygen atoms in total. The molecule has 0 fully saturated rings. The molecule has 0 bridgehead atoms. The lowest BCUT2D eigenvalue weighted by Crippen LogP contribution is -2.30. The van der Waals surface area contributed by atoms with Crippen molar-refractivity contribution in [1.82, 2.24) is 0 Å². The number of carboxylic acid groups (broad SMARTS) is 1. The van der Waals surface area contributed by atoms with Crippen LogP contribution in [-0.2, 0) is 19.1 Å². The molecule has 0 aliphatic heterocycles. The van der Waals surface area contributed by atoms with E-state index >= 15 is 0 Å². The summed E-state index contributed by atoms with van der Waals surface area (Å²) in [6.07, 6.45) is 0.535. The van der Waals surface area contributed by atoms with Crippen molar-refractivity contribution in [2.75, 3.05) is 6.61 Å². The Morgan fingerprint density at radius 3 is 2.43 bits per heavy atom. The molecule has 0 radical (unpaired) electrons. The van der Waals surface area contributed by atoms with Crippen molar-refractivity contribution in [3.05, 3.63) is 0 Å². The zero-order valence-corrected chi connectivity index (χ0v) is 7.86. The lowest BCUT2D eigenvalue weighted by molar-refractivity contribution is -0.153. The molecule has 0 amide bonds. The molecule has 1 unspecified atom stereocenters. The molecular formula is C8H13NO5. The second-order valence-corrected chi connectivity index (χ2v) is 2.78. The first kappa shape index (κ1) is 12.6. The summed E-state index contributed by atoms with van der Waals surface area (Å²) in [6, 6.07) is -0.953. The van der Waals surface area contributed by atoms with Crippen LogP contribution in [-0.4, -0.2) is 35.5 Å². The first-order valence-corrected chi connectivity index (χ1v) is 4.11. The predicted octanol–water partition coefficient (Wildman–Crippen LogP) is -0.689. The number of ketones is 1. The summed E-state index contributed by atoms with van der Waals surface area (Å²) in [5.41, 5.74) is 5.19. The zero-order valence-electron chi connectivity index (χ0n) is 7.86. The number of Topliss-reactive ketones (excluding diaryl/α,β-unsaturated/α-hetero) is 1. The third kappa shape index (κ3) is 5.26. The van der Waals surface area contributed by atoms with E-state index in [1.165, 1.54) is 0 Å². The van der Waals surface area contributed by atoms with Crippen molar-refractivity contribution in [2.45, 2.75) is 25.8 Å². The highest BCUT2D eigenvalue weighted by molar-refractivity contribution is 6.32. The van der Waals surface area contributed by atoms with E-state index in [1.807, 2.05) is 0 Å². The van der Waals surface area contributed by atoms with Gasteiger partial charge >= 0.3 is 11.9 Å². The molecule has 0 heterocycles. The van der Waals surface area contributed by atoms with E-state index in [4.69, 9.17) is 10.8 Å². The van der Waals surface area contributed by atoms with Crippen molar-refractivity contribution in [3.63, 3.8) is 0 Å². The van der Waals surface area contributed by atoms with Crippen molar-refractivity contribution < 1.29 is 24.2 Å². The van der Waals surface area contributed by atoms with Gasteiger partial charge in [-0.2, -0.15) is 0 Å². The average molecular weight is 203 g/mol. The van der Waals surface area contributed by atoms with Gasteiger partial charge in [-0.05, 0) is 12.8 Å². The van der Waals surface area contributed by atoms with E-state index < -0.39 is 23.8 Å². The van der Waals surface area contributed by atoms with Gasteiger partial charge in [0.1, 0.15) is 6.04 Å². The van der Waals surface area contributed by atoms with Crippen LogP contribution < -0.4 is 5.73 Å². The van der Waals surface area contributed by atoms with Crippen LogP contribution in [0, 0.1) is 0 Å². The van der Waals surface area contributed by atoms with Crippen molar-refractivity contribution in [2.24, 2.45) is 5.73 Å². The minimum atomic E-state index is -1.09. The number of rotatable bonds is 6. The second-order valence-electron chi connectivity index (χ2n) is 2.78. The summed E-state index contributed by atoms with van der Waals surface area (Å²) in [5.74, 6) is -2.68. The molecule has 0 aliphatic rings. The summed E-state index contributed by atoms with van der Waals surface area (Å²) in [6.45, 7) is 1.12. The van der Waals surface area contributed by atoms with Crippen LogP contribution in [0.5, 0.6) is 0 Å². The molecule has 14 heavy (non-hydrogen) atoms. The van der Waals surface area contributed by atoms with Gasteiger partial charge in [-0.25, -0.2) is 4.79 Å². The maximum Gasteiger partial charge on any atom is 0.374 e. The molecule has 3 N–H and O–H groups in total. The van der Waals surface area contributed by atoms with Crippen molar-refractivity contribution >= 4 is 17.7 Å². The Hall–Kier alpha value is -1.43. The quantitative estimate of drug-likeness (QED) is 0.336. The average Bonchev–Trinajstić information content (AvgIpc) is 2.11. The number of nitrogens with two attached hydrogens (primary N) is 1. The molecule has 6 heteroatoms. The zero-order chi connectivity index (χ0) is 11.1. The first-order valence-electron chi connectivity index (χ1n) is 4.11. The Morgan fingerprint density at radius 2 is 2.00 bits per heavy atom. The molecular weight excluding hydrogens is 190 g/mol. The molecule has 80 valence electrons. The predicted molar refractivity (Wildman–Crippen MR) is 46.5 cm³/mol. The number of hydrogen-bond acceptors (Lipinski definition) is 5. The number of carbonyl (C=O) groups is 3. The number of hydrogen-bond donors (Lipinski definition) is 2. The SMILES string of the molecule is CC(=O)C(=O)OCCCC(N)C(=O)O. The Bertz CT molecular complexity index is 238. The van der Waals surface area contributed by atoms with Gasteiger partial charge in [-0.3, -0.25) is 9.59 Å². The third-order valence-electron chi connectivity index (χ3n) is 1.50. The topological polar surface area (TPSA) is 107 Å². The van der Waals surface area contributed by atoms with Crippen molar-refractivity contribution in [3.8, 4) is 0 Å². The number of aliphatic carboxylic acids is 1. The number of esters is 1. The lowest BCUT2D eigenvalue weighted by atomic mass is 10.2. The summed E-state index contributed by atoms with van der Waals surface area (Å²) < 4.78 is 4.50. The lowest BCUT2D eigenvalue weighted by Gasteiger charge is -2.05. The third-order valence-corrected chi connectivity index (χ3v) is 1.50. The molecule has 0 aromatic carbocycles. The first-order chi connectivity index (χ1) is 6.45. The number of ether oxygens (including phenoxy) is 1. The van der Waals surface area contributed by atoms with Crippen LogP contribution >= 0.6 is 0 Å². The van der Waals surface area contributed by atoms with E-state index in [2.05, 4.69) is 4.74 Å². The minimum absolute atomic E-state index is 0.0133. The summed E-state index contributed by atoms with van der Waals surface area (Å²) in [5, 5.41) is 8.39. The van der Waals surface area contributed by atoms with Gasteiger partial charge in [-0.15, -0.1) is 0 Å². The fraction of sp³-hybridized carbons (Fsp3) is 0.625. The highest BCUT2D eigenvalue weighted by atomic mass is 16.5. The van der Waals surface area contributed by atoms with E-state index in [-0.39, 0.29) is 13.0 Å². The van der Waals surface area contributed by atoms with Gasteiger partial charge in [0.05, 0.1) is 6.61 Å². The molecule has 0 aliphatic carbocycles. The van der Waals surface area contributed by atoms with Gasteiger partial charge < -0.3 is 15.6 Å². The molecule has 0 saturated carbocycles. The summed E-state index contributed by atoms with van der Waals surface area (Å²) >= 11 is 0. The van der Waals surface area contributed by atoms with Gasteiger partial charge in [0.25, 0.3) is 0 Å². The van der Waals surface area contributed by atoms with E-state index in [1.54, 1.807) is 0 Å². The van der Waals surface area contributed by atoms with Gasteiger partial charge in [0, 0.05) is 6.92 Å². The Balaban J connectivity index is 3.52.